The van der Waals surface area contributed by atoms with Crippen LogP contribution in [0.1, 0.15) is 44.2 Å². The highest BCUT2D eigenvalue weighted by Crippen LogP contribution is 2.30. The predicted octanol–water partition coefficient (Wildman–Crippen LogP) is 6.33. The van der Waals surface area contributed by atoms with Gasteiger partial charge >= 0.3 is 12.1 Å². The molecule has 0 aliphatic heterocycles. The van der Waals surface area contributed by atoms with Gasteiger partial charge in [0.1, 0.15) is 5.82 Å². The lowest BCUT2D eigenvalue weighted by atomic mass is 9.85. The van der Waals surface area contributed by atoms with Gasteiger partial charge < -0.3 is 20.6 Å². The number of hydrogen-bond acceptors (Lipinski definition) is 6. The van der Waals surface area contributed by atoms with Gasteiger partial charge in [-0.05, 0) is 61.1 Å². The summed E-state index contributed by atoms with van der Waals surface area (Å²) >= 11 is 0. The summed E-state index contributed by atoms with van der Waals surface area (Å²) in [5.74, 6) is -0.993. The molecule has 11 heteroatoms. The second kappa shape index (κ2) is 13.1. The van der Waals surface area contributed by atoms with Crippen LogP contribution in [-0.4, -0.2) is 53.3 Å². The SMILES string of the molecule is CC(NC(=O)C1CCC(Nc2nc(N(C)C)c3ccccc3n2)CC1)c1cccc2ccccc12.O=C(O)C(F)(F)F. The monoisotopic (exact) mass is 581 g/mol. The molecule has 1 aliphatic rings. The number of alkyl halides is 3. The van der Waals surface area contributed by atoms with Crippen molar-refractivity contribution in [2.75, 3.05) is 24.3 Å². The average molecular weight is 582 g/mol. The molecule has 1 atom stereocenters. The van der Waals surface area contributed by atoms with Crippen molar-refractivity contribution < 1.29 is 27.9 Å². The van der Waals surface area contributed by atoms with Gasteiger partial charge in [-0.15, -0.1) is 0 Å². The Hall–Kier alpha value is -4.41. The first-order valence-corrected chi connectivity index (χ1v) is 13.7. The number of anilines is 2. The quantitative estimate of drug-likeness (QED) is 0.244. The minimum atomic E-state index is -5.08. The van der Waals surface area contributed by atoms with Gasteiger partial charge in [-0.2, -0.15) is 18.2 Å². The molecule has 0 spiro atoms. The number of fused-ring (bicyclic) bond motifs is 2. The van der Waals surface area contributed by atoms with Gasteiger partial charge in [-0.1, -0.05) is 54.6 Å². The van der Waals surface area contributed by atoms with E-state index in [4.69, 9.17) is 19.9 Å². The number of rotatable bonds is 6. The fraction of sp³-hybridized carbons (Fsp3) is 0.355. The number of para-hydroxylation sites is 1. The number of hydrogen-bond donors (Lipinski definition) is 3. The highest BCUT2D eigenvalue weighted by atomic mass is 19.4. The van der Waals surface area contributed by atoms with Crippen molar-refractivity contribution in [2.24, 2.45) is 5.92 Å². The molecule has 0 radical (unpaired) electrons. The molecule has 1 saturated carbocycles. The van der Waals surface area contributed by atoms with Crippen LogP contribution in [0.15, 0.2) is 66.7 Å². The summed E-state index contributed by atoms with van der Waals surface area (Å²) in [5.41, 5.74) is 2.10. The van der Waals surface area contributed by atoms with Crippen molar-refractivity contribution in [3.8, 4) is 0 Å². The number of amides is 1. The smallest absolute Gasteiger partial charge is 0.475 e. The molecular weight excluding hydrogens is 547 g/mol. The highest BCUT2D eigenvalue weighted by Gasteiger charge is 2.38. The Bertz CT molecular complexity index is 1550. The number of carbonyl (C=O) groups is 2. The molecule has 0 bridgehead atoms. The zero-order valence-corrected chi connectivity index (χ0v) is 23.7. The fourth-order valence-corrected chi connectivity index (χ4v) is 5.18. The number of carbonyl (C=O) groups excluding carboxylic acids is 1. The van der Waals surface area contributed by atoms with Crippen molar-refractivity contribution in [2.45, 2.75) is 50.9 Å². The summed E-state index contributed by atoms with van der Waals surface area (Å²) in [6.07, 6.45) is -1.51. The largest absolute Gasteiger partial charge is 0.490 e. The number of nitrogens with one attached hydrogen (secondary N) is 2. The van der Waals surface area contributed by atoms with Gasteiger partial charge in [0.25, 0.3) is 0 Å². The lowest BCUT2D eigenvalue weighted by Crippen LogP contribution is -2.37. The van der Waals surface area contributed by atoms with Gasteiger partial charge in [0.05, 0.1) is 11.6 Å². The number of carboxylic acid groups (broad SMARTS) is 1. The van der Waals surface area contributed by atoms with Crippen LogP contribution in [0.4, 0.5) is 24.9 Å². The number of halogens is 3. The Kier molecular flexibility index (Phi) is 9.49. The van der Waals surface area contributed by atoms with Gasteiger partial charge in [-0.25, -0.2) is 9.78 Å². The van der Waals surface area contributed by atoms with E-state index in [1.807, 2.05) is 43.3 Å². The lowest BCUT2D eigenvalue weighted by molar-refractivity contribution is -0.192. The first-order valence-electron chi connectivity index (χ1n) is 13.7. The summed E-state index contributed by atoms with van der Waals surface area (Å²) in [6, 6.07) is 23.0. The van der Waals surface area contributed by atoms with Gasteiger partial charge in [0, 0.05) is 31.4 Å². The lowest BCUT2D eigenvalue weighted by Gasteiger charge is -2.29. The maximum atomic E-state index is 13.1. The van der Waals surface area contributed by atoms with Crippen LogP contribution >= 0.6 is 0 Å². The van der Waals surface area contributed by atoms with Crippen molar-refractivity contribution in [1.29, 1.82) is 0 Å². The second-order valence-electron chi connectivity index (χ2n) is 10.6. The molecule has 1 heterocycles. The van der Waals surface area contributed by atoms with E-state index < -0.39 is 12.1 Å². The fourth-order valence-electron chi connectivity index (χ4n) is 5.18. The van der Waals surface area contributed by atoms with E-state index in [1.54, 1.807) is 0 Å². The third kappa shape index (κ3) is 7.45. The summed E-state index contributed by atoms with van der Waals surface area (Å²) in [7, 11) is 4.00. The van der Waals surface area contributed by atoms with Crippen LogP contribution in [0.25, 0.3) is 21.7 Å². The normalized spacial score (nSPS) is 17.6. The molecule has 3 aromatic carbocycles. The summed E-state index contributed by atoms with van der Waals surface area (Å²) in [6.45, 7) is 2.08. The van der Waals surface area contributed by atoms with Crippen LogP contribution < -0.4 is 15.5 Å². The number of benzene rings is 3. The Morgan fingerprint density at radius 1 is 0.905 bits per heavy atom. The van der Waals surface area contributed by atoms with Gasteiger partial charge in [0.15, 0.2) is 0 Å². The summed E-state index contributed by atoms with van der Waals surface area (Å²) in [4.78, 5) is 33.5. The average Bonchev–Trinajstić information content (AvgIpc) is 2.96. The Morgan fingerprint density at radius 2 is 1.50 bits per heavy atom. The molecule has 1 fully saturated rings. The molecule has 1 aromatic heterocycles. The molecule has 0 saturated heterocycles. The van der Waals surface area contributed by atoms with E-state index >= 15 is 0 Å². The first-order chi connectivity index (χ1) is 19.9. The second-order valence-corrected chi connectivity index (χ2v) is 10.6. The van der Waals surface area contributed by atoms with E-state index in [9.17, 15) is 18.0 Å². The number of aromatic nitrogens is 2. The standard InChI is InChI=1S/C29H33N5O.C2HF3O2/c1-19(23-13-8-10-20-9-4-5-11-24(20)23)30-28(35)21-15-17-22(18-16-21)31-29-32-26-14-7-6-12-25(26)27(33-29)34(2)3;3-2(4,5)1(6)7/h4-14,19,21-22H,15-18H2,1-3H3,(H,30,35)(H,31,32,33);(H,6,7). The molecule has 5 rings (SSSR count). The summed E-state index contributed by atoms with van der Waals surface area (Å²) < 4.78 is 31.7. The van der Waals surface area contributed by atoms with Gasteiger partial charge in [-0.3, -0.25) is 4.79 Å². The van der Waals surface area contributed by atoms with E-state index in [1.165, 1.54) is 10.8 Å². The van der Waals surface area contributed by atoms with E-state index in [0.717, 1.165) is 48.0 Å². The Balaban J connectivity index is 0.000000517. The molecular formula is C31H34F3N5O3. The third-order valence-electron chi connectivity index (χ3n) is 7.33. The van der Waals surface area contributed by atoms with Crippen molar-refractivity contribution >= 4 is 45.3 Å². The molecule has 1 aliphatic carbocycles. The topological polar surface area (TPSA) is 107 Å². The van der Waals surface area contributed by atoms with Crippen LogP contribution in [0.2, 0.25) is 0 Å². The molecule has 4 aromatic rings. The van der Waals surface area contributed by atoms with Crippen molar-refractivity contribution in [3.05, 3.63) is 72.3 Å². The Morgan fingerprint density at radius 3 is 2.14 bits per heavy atom. The van der Waals surface area contributed by atoms with Crippen molar-refractivity contribution in [3.63, 3.8) is 0 Å². The summed E-state index contributed by atoms with van der Waals surface area (Å²) in [5, 5.41) is 17.4. The minimum Gasteiger partial charge on any atom is -0.475 e. The van der Waals surface area contributed by atoms with Crippen LogP contribution in [0.3, 0.4) is 0 Å². The minimum absolute atomic E-state index is 0.0279. The van der Waals surface area contributed by atoms with E-state index in [2.05, 4.69) is 60.0 Å². The van der Waals surface area contributed by atoms with Gasteiger partial charge in [0.2, 0.25) is 11.9 Å². The van der Waals surface area contributed by atoms with Crippen LogP contribution in [0, 0.1) is 5.92 Å². The molecule has 42 heavy (non-hydrogen) atoms. The first kappa shape index (κ1) is 30.5. The van der Waals surface area contributed by atoms with E-state index in [0.29, 0.717) is 5.95 Å². The third-order valence-corrected chi connectivity index (χ3v) is 7.33. The van der Waals surface area contributed by atoms with Crippen LogP contribution in [-0.2, 0) is 9.59 Å². The van der Waals surface area contributed by atoms with Crippen LogP contribution in [0.5, 0.6) is 0 Å². The maximum absolute atomic E-state index is 13.1. The van der Waals surface area contributed by atoms with E-state index in [-0.39, 0.29) is 23.9 Å². The van der Waals surface area contributed by atoms with Crippen molar-refractivity contribution in [1.82, 2.24) is 15.3 Å². The zero-order valence-electron chi connectivity index (χ0n) is 23.7. The molecule has 222 valence electrons. The highest BCUT2D eigenvalue weighted by molar-refractivity contribution is 5.90. The molecule has 8 nitrogen and oxygen atoms in total. The Labute approximate surface area is 242 Å². The predicted molar refractivity (Wildman–Crippen MR) is 157 cm³/mol. The zero-order chi connectivity index (χ0) is 30.4. The molecule has 1 unspecified atom stereocenters. The number of aliphatic carboxylic acids is 1. The molecule has 3 N–H and O–H groups in total. The number of nitrogens with zero attached hydrogens (tertiary/aromatic N) is 3. The number of carboxylic acids is 1. The molecule has 1 amide bonds. The maximum Gasteiger partial charge on any atom is 0.490 e.